The van der Waals surface area contributed by atoms with Gasteiger partial charge in [0, 0.05) is 5.56 Å². The zero-order chi connectivity index (χ0) is 14.0. The number of carboxylic acid groups (broad SMARTS) is 1. The van der Waals surface area contributed by atoms with Crippen LogP contribution >= 0.6 is 0 Å². The average molecular weight is 260 g/mol. The number of hydrogen-bond donors (Lipinski definition) is 2. The fourth-order valence-corrected chi connectivity index (χ4v) is 1.84. The van der Waals surface area contributed by atoms with Gasteiger partial charge in [-0.05, 0) is 24.1 Å². The Kier molecular flexibility index (Phi) is 3.36. The van der Waals surface area contributed by atoms with Crippen LogP contribution in [0.4, 0.5) is 4.39 Å². The van der Waals surface area contributed by atoms with E-state index in [1.165, 1.54) is 12.1 Å². The third-order valence-corrected chi connectivity index (χ3v) is 3.02. The van der Waals surface area contributed by atoms with Crippen molar-refractivity contribution in [3.63, 3.8) is 0 Å². The molecule has 98 valence electrons. The van der Waals surface area contributed by atoms with Crippen LogP contribution in [0.2, 0.25) is 0 Å². The van der Waals surface area contributed by atoms with Gasteiger partial charge in [0.15, 0.2) is 5.60 Å². The number of hydrogen-bond acceptors (Lipinski definition) is 2. The van der Waals surface area contributed by atoms with Gasteiger partial charge in [-0.15, -0.1) is 0 Å². The van der Waals surface area contributed by atoms with Crippen molar-refractivity contribution < 1.29 is 19.4 Å². The minimum Gasteiger partial charge on any atom is -0.479 e. The second-order valence-corrected chi connectivity index (χ2v) is 4.44. The van der Waals surface area contributed by atoms with E-state index in [9.17, 15) is 14.3 Å². The molecular formula is C15H13FO3. The van der Waals surface area contributed by atoms with Crippen LogP contribution in [0, 0.1) is 5.82 Å². The first-order valence-corrected chi connectivity index (χ1v) is 5.74. The van der Waals surface area contributed by atoms with Crippen LogP contribution in [-0.4, -0.2) is 16.2 Å². The molecule has 4 heteroatoms. The van der Waals surface area contributed by atoms with E-state index in [0.29, 0.717) is 5.56 Å². The minimum absolute atomic E-state index is 0.250. The van der Waals surface area contributed by atoms with E-state index < -0.39 is 17.4 Å². The van der Waals surface area contributed by atoms with E-state index in [2.05, 4.69) is 0 Å². The molecule has 2 aromatic rings. The predicted molar refractivity (Wildman–Crippen MR) is 69.0 cm³/mol. The Hall–Kier alpha value is -2.20. The van der Waals surface area contributed by atoms with Gasteiger partial charge in [0.05, 0.1) is 0 Å². The molecule has 0 saturated heterocycles. The zero-order valence-electron chi connectivity index (χ0n) is 10.3. The van der Waals surface area contributed by atoms with E-state index in [0.717, 1.165) is 12.5 Å². The molecule has 0 spiro atoms. The van der Waals surface area contributed by atoms with Gasteiger partial charge in [-0.25, -0.2) is 9.18 Å². The summed E-state index contributed by atoms with van der Waals surface area (Å²) in [6, 6.07) is 13.3. The maximum absolute atomic E-state index is 14.0. The molecule has 1 unspecified atom stereocenters. The number of aliphatic carboxylic acids is 1. The Bertz CT molecular complexity index is 606. The number of benzene rings is 2. The Balaban J connectivity index is 2.47. The van der Waals surface area contributed by atoms with Crippen molar-refractivity contribution >= 4 is 5.97 Å². The normalized spacial score (nSPS) is 13.8. The highest BCUT2D eigenvalue weighted by Crippen LogP contribution is 2.28. The van der Waals surface area contributed by atoms with Crippen LogP contribution in [0.15, 0.2) is 48.5 Å². The van der Waals surface area contributed by atoms with Crippen molar-refractivity contribution in [2.75, 3.05) is 0 Å². The lowest BCUT2D eigenvalue weighted by molar-refractivity contribution is -0.157. The van der Waals surface area contributed by atoms with Crippen LogP contribution in [0.25, 0.3) is 11.1 Å². The van der Waals surface area contributed by atoms with Crippen LogP contribution in [0.5, 0.6) is 0 Å². The van der Waals surface area contributed by atoms with Crippen molar-refractivity contribution in [3.05, 3.63) is 59.9 Å². The summed E-state index contributed by atoms with van der Waals surface area (Å²) in [7, 11) is 0. The summed E-state index contributed by atoms with van der Waals surface area (Å²) in [5.41, 5.74) is -1.04. The van der Waals surface area contributed by atoms with E-state index in [-0.39, 0.29) is 5.56 Å². The summed E-state index contributed by atoms with van der Waals surface area (Å²) in [6.45, 7) is 1.05. The summed E-state index contributed by atoms with van der Waals surface area (Å²) < 4.78 is 14.0. The highest BCUT2D eigenvalue weighted by Gasteiger charge is 2.34. The molecule has 2 aromatic carbocycles. The summed E-state index contributed by atoms with van der Waals surface area (Å²) in [5, 5.41) is 18.7. The average Bonchev–Trinajstić information content (AvgIpc) is 2.39. The molecule has 0 aliphatic heterocycles. The van der Waals surface area contributed by atoms with Gasteiger partial charge >= 0.3 is 5.97 Å². The largest absolute Gasteiger partial charge is 0.479 e. The number of halogens is 1. The molecule has 3 nitrogen and oxygen atoms in total. The van der Waals surface area contributed by atoms with Crippen molar-refractivity contribution in [3.8, 4) is 11.1 Å². The second-order valence-electron chi connectivity index (χ2n) is 4.44. The highest BCUT2D eigenvalue weighted by atomic mass is 19.1. The van der Waals surface area contributed by atoms with Crippen LogP contribution in [-0.2, 0) is 10.4 Å². The van der Waals surface area contributed by atoms with E-state index in [1.54, 1.807) is 6.07 Å². The van der Waals surface area contributed by atoms with Crippen molar-refractivity contribution in [1.82, 2.24) is 0 Å². The summed E-state index contributed by atoms with van der Waals surface area (Å²) in [5.74, 6) is -2.23. The van der Waals surface area contributed by atoms with Gasteiger partial charge in [0.1, 0.15) is 5.82 Å². The number of rotatable bonds is 3. The first-order valence-electron chi connectivity index (χ1n) is 5.74. The molecule has 0 radical (unpaired) electrons. The molecule has 19 heavy (non-hydrogen) atoms. The Morgan fingerprint density at radius 3 is 2.26 bits per heavy atom. The fourth-order valence-electron chi connectivity index (χ4n) is 1.84. The molecular weight excluding hydrogens is 247 g/mol. The van der Waals surface area contributed by atoms with Gasteiger partial charge in [0.25, 0.3) is 0 Å². The lowest BCUT2D eigenvalue weighted by Gasteiger charge is -2.19. The third-order valence-electron chi connectivity index (χ3n) is 3.02. The summed E-state index contributed by atoms with van der Waals surface area (Å²) in [6.07, 6.45) is 0. The standard InChI is InChI=1S/C15H13FO3/c1-15(19,14(17)18)12-8-7-11(9-13(12)16)10-5-3-2-4-6-10/h2-9,19H,1H3,(H,17,18). The molecule has 2 rings (SSSR count). The monoisotopic (exact) mass is 260 g/mol. The van der Waals surface area contributed by atoms with Gasteiger partial charge < -0.3 is 10.2 Å². The molecule has 0 aliphatic carbocycles. The molecule has 0 amide bonds. The minimum atomic E-state index is -2.24. The van der Waals surface area contributed by atoms with Gasteiger partial charge in [-0.2, -0.15) is 0 Å². The summed E-state index contributed by atoms with van der Waals surface area (Å²) >= 11 is 0. The maximum Gasteiger partial charge on any atom is 0.340 e. The zero-order valence-corrected chi connectivity index (χ0v) is 10.3. The Morgan fingerprint density at radius 1 is 1.11 bits per heavy atom. The lowest BCUT2D eigenvalue weighted by Crippen LogP contribution is -2.32. The predicted octanol–water partition coefficient (Wildman–Crippen LogP) is 2.78. The van der Waals surface area contributed by atoms with Gasteiger partial charge in [0.2, 0.25) is 0 Å². The van der Waals surface area contributed by atoms with Crippen molar-refractivity contribution in [2.45, 2.75) is 12.5 Å². The molecule has 0 bridgehead atoms. The summed E-state index contributed by atoms with van der Waals surface area (Å²) in [4.78, 5) is 10.9. The van der Waals surface area contributed by atoms with Crippen molar-refractivity contribution in [1.29, 1.82) is 0 Å². The first kappa shape index (κ1) is 13.2. The number of carboxylic acids is 1. The topological polar surface area (TPSA) is 57.5 Å². The molecule has 0 heterocycles. The van der Waals surface area contributed by atoms with E-state index in [1.807, 2.05) is 30.3 Å². The number of aliphatic hydroxyl groups is 1. The maximum atomic E-state index is 14.0. The van der Waals surface area contributed by atoms with Crippen LogP contribution in [0.3, 0.4) is 0 Å². The molecule has 2 N–H and O–H groups in total. The van der Waals surface area contributed by atoms with Gasteiger partial charge in [-0.3, -0.25) is 0 Å². The molecule has 0 aromatic heterocycles. The molecule has 0 saturated carbocycles. The van der Waals surface area contributed by atoms with Crippen LogP contribution in [0.1, 0.15) is 12.5 Å². The third kappa shape index (κ3) is 2.48. The SMILES string of the molecule is CC(O)(C(=O)O)c1ccc(-c2ccccc2)cc1F. The van der Waals surface area contributed by atoms with E-state index in [4.69, 9.17) is 5.11 Å². The molecule has 0 fully saturated rings. The van der Waals surface area contributed by atoms with Crippen LogP contribution < -0.4 is 0 Å². The fraction of sp³-hybridized carbons (Fsp3) is 0.133. The Morgan fingerprint density at radius 2 is 1.74 bits per heavy atom. The molecule has 0 aliphatic rings. The second kappa shape index (κ2) is 4.82. The number of carbonyl (C=O) groups is 1. The highest BCUT2D eigenvalue weighted by molar-refractivity contribution is 5.79. The first-order chi connectivity index (χ1) is 8.93. The van der Waals surface area contributed by atoms with E-state index >= 15 is 0 Å². The smallest absolute Gasteiger partial charge is 0.340 e. The van der Waals surface area contributed by atoms with Crippen molar-refractivity contribution in [2.24, 2.45) is 0 Å². The quantitative estimate of drug-likeness (QED) is 0.892. The molecule has 1 atom stereocenters. The Labute approximate surface area is 109 Å². The lowest BCUT2D eigenvalue weighted by atomic mass is 9.93. The van der Waals surface area contributed by atoms with Gasteiger partial charge in [-0.1, -0.05) is 42.5 Å².